The number of nitrogens with zero attached hydrogens (tertiary/aromatic N) is 2. The lowest BCUT2D eigenvalue weighted by Crippen LogP contribution is -2.23. The predicted molar refractivity (Wildman–Crippen MR) is 88.4 cm³/mol. The molecule has 114 valence electrons. The third-order valence-electron chi connectivity index (χ3n) is 4.01. The summed E-state index contributed by atoms with van der Waals surface area (Å²) in [6.45, 7) is 0.833. The number of benzene rings is 2. The van der Waals surface area contributed by atoms with Gasteiger partial charge in [-0.25, -0.2) is 4.98 Å². The second kappa shape index (κ2) is 6.73. The lowest BCUT2D eigenvalue weighted by atomic mass is 10.0. The maximum absolute atomic E-state index is 9.30. The van der Waals surface area contributed by atoms with Gasteiger partial charge in [0, 0.05) is 19.7 Å². The SMILES string of the molecule is Cn1c(CN[C@H](CCO)c2ccccc2)nc2ccccc21. The Kier molecular flexibility index (Phi) is 4.51. The fourth-order valence-corrected chi connectivity index (χ4v) is 2.77. The Hall–Kier alpha value is -2.17. The molecule has 1 aromatic heterocycles. The maximum Gasteiger partial charge on any atom is 0.123 e. The van der Waals surface area contributed by atoms with E-state index in [1.807, 2.05) is 43.4 Å². The molecule has 0 fully saturated rings. The summed E-state index contributed by atoms with van der Waals surface area (Å²) in [6, 6.07) is 18.5. The molecule has 0 radical (unpaired) electrons. The summed E-state index contributed by atoms with van der Waals surface area (Å²) in [7, 11) is 2.04. The van der Waals surface area contributed by atoms with Crippen molar-refractivity contribution in [3.05, 3.63) is 66.0 Å². The molecule has 0 aliphatic carbocycles. The zero-order valence-electron chi connectivity index (χ0n) is 12.7. The van der Waals surface area contributed by atoms with Crippen molar-refractivity contribution < 1.29 is 5.11 Å². The van der Waals surface area contributed by atoms with Gasteiger partial charge in [-0.05, 0) is 24.1 Å². The number of aliphatic hydroxyl groups excluding tert-OH is 1. The second-order valence-electron chi connectivity index (χ2n) is 5.43. The van der Waals surface area contributed by atoms with Crippen molar-refractivity contribution in [3.8, 4) is 0 Å². The van der Waals surface area contributed by atoms with Gasteiger partial charge in [-0.15, -0.1) is 0 Å². The van der Waals surface area contributed by atoms with E-state index >= 15 is 0 Å². The van der Waals surface area contributed by atoms with Crippen LogP contribution in [0.25, 0.3) is 11.0 Å². The summed E-state index contributed by atoms with van der Waals surface area (Å²) >= 11 is 0. The third kappa shape index (κ3) is 3.03. The van der Waals surface area contributed by atoms with Crippen molar-refractivity contribution in [1.29, 1.82) is 0 Å². The molecule has 0 amide bonds. The first kappa shape index (κ1) is 14.8. The zero-order valence-corrected chi connectivity index (χ0v) is 12.7. The van der Waals surface area contributed by atoms with Gasteiger partial charge in [0.1, 0.15) is 5.82 Å². The molecule has 4 nitrogen and oxygen atoms in total. The summed E-state index contributed by atoms with van der Waals surface area (Å²) in [5, 5.41) is 12.8. The first-order valence-corrected chi connectivity index (χ1v) is 7.59. The van der Waals surface area contributed by atoms with Gasteiger partial charge < -0.3 is 15.0 Å². The molecule has 0 saturated carbocycles. The van der Waals surface area contributed by atoms with Crippen molar-refractivity contribution in [2.75, 3.05) is 6.61 Å². The van der Waals surface area contributed by atoms with Gasteiger partial charge in [-0.3, -0.25) is 0 Å². The molecule has 1 heterocycles. The normalized spacial score (nSPS) is 12.6. The van der Waals surface area contributed by atoms with E-state index in [1.54, 1.807) is 0 Å². The lowest BCUT2D eigenvalue weighted by Gasteiger charge is -2.18. The number of para-hydroxylation sites is 2. The standard InChI is InChI=1S/C18H21N3O/c1-21-17-10-6-5-9-16(17)20-18(21)13-19-15(11-12-22)14-7-3-2-4-8-14/h2-10,15,19,22H,11-13H2,1H3/t15-/m1/s1. The number of hydrogen-bond donors (Lipinski definition) is 2. The van der Waals surface area contributed by atoms with Gasteiger partial charge in [0.15, 0.2) is 0 Å². The van der Waals surface area contributed by atoms with Crippen LogP contribution in [-0.2, 0) is 13.6 Å². The molecule has 2 N–H and O–H groups in total. The minimum Gasteiger partial charge on any atom is -0.396 e. The molecule has 0 aliphatic heterocycles. The minimum atomic E-state index is 0.131. The van der Waals surface area contributed by atoms with Crippen LogP contribution >= 0.6 is 0 Å². The molecular weight excluding hydrogens is 274 g/mol. The van der Waals surface area contributed by atoms with Gasteiger partial charge >= 0.3 is 0 Å². The Bertz CT molecular complexity index is 736. The second-order valence-corrected chi connectivity index (χ2v) is 5.43. The van der Waals surface area contributed by atoms with Crippen LogP contribution < -0.4 is 5.32 Å². The summed E-state index contributed by atoms with van der Waals surface area (Å²) < 4.78 is 2.11. The highest BCUT2D eigenvalue weighted by Crippen LogP contribution is 2.18. The van der Waals surface area contributed by atoms with E-state index < -0.39 is 0 Å². The van der Waals surface area contributed by atoms with Gasteiger partial charge in [0.05, 0.1) is 17.6 Å². The summed E-state index contributed by atoms with van der Waals surface area (Å²) in [4.78, 5) is 4.68. The fourth-order valence-electron chi connectivity index (χ4n) is 2.77. The molecule has 0 aliphatic rings. The van der Waals surface area contributed by atoms with Crippen LogP contribution in [0, 0.1) is 0 Å². The Morgan fingerprint density at radius 3 is 2.55 bits per heavy atom. The molecular formula is C18H21N3O. The molecule has 0 bridgehead atoms. The fraction of sp³-hybridized carbons (Fsp3) is 0.278. The van der Waals surface area contributed by atoms with Crippen LogP contribution in [0.3, 0.4) is 0 Å². The highest BCUT2D eigenvalue weighted by atomic mass is 16.3. The van der Waals surface area contributed by atoms with Crippen molar-refractivity contribution in [2.45, 2.75) is 19.0 Å². The zero-order chi connectivity index (χ0) is 15.4. The molecule has 0 unspecified atom stereocenters. The molecule has 1 atom stereocenters. The van der Waals surface area contributed by atoms with Gasteiger partial charge in [-0.1, -0.05) is 42.5 Å². The van der Waals surface area contributed by atoms with Crippen LogP contribution in [0.2, 0.25) is 0 Å². The van der Waals surface area contributed by atoms with E-state index in [0.717, 1.165) is 16.9 Å². The maximum atomic E-state index is 9.30. The molecule has 4 heteroatoms. The molecule has 3 aromatic rings. The number of fused-ring (bicyclic) bond motifs is 1. The monoisotopic (exact) mass is 295 g/mol. The van der Waals surface area contributed by atoms with E-state index in [9.17, 15) is 5.11 Å². The number of aliphatic hydroxyl groups is 1. The van der Waals surface area contributed by atoms with Crippen molar-refractivity contribution in [3.63, 3.8) is 0 Å². The Morgan fingerprint density at radius 1 is 1.09 bits per heavy atom. The quantitative estimate of drug-likeness (QED) is 0.735. The smallest absolute Gasteiger partial charge is 0.123 e. The third-order valence-corrected chi connectivity index (χ3v) is 4.01. The molecule has 2 aromatic carbocycles. The number of aromatic nitrogens is 2. The van der Waals surface area contributed by atoms with Crippen LogP contribution in [0.4, 0.5) is 0 Å². The number of hydrogen-bond acceptors (Lipinski definition) is 3. The summed E-state index contributed by atoms with van der Waals surface area (Å²) in [5.41, 5.74) is 3.34. The number of rotatable bonds is 6. The van der Waals surface area contributed by atoms with Gasteiger partial charge in [-0.2, -0.15) is 0 Å². The molecule has 3 rings (SSSR count). The molecule has 0 spiro atoms. The first-order valence-electron chi connectivity index (χ1n) is 7.59. The van der Waals surface area contributed by atoms with Crippen molar-refractivity contribution >= 4 is 11.0 Å². The van der Waals surface area contributed by atoms with Crippen LogP contribution in [0.15, 0.2) is 54.6 Å². The van der Waals surface area contributed by atoms with Gasteiger partial charge in [0.2, 0.25) is 0 Å². The first-order chi connectivity index (χ1) is 10.8. The Morgan fingerprint density at radius 2 is 1.82 bits per heavy atom. The lowest BCUT2D eigenvalue weighted by molar-refractivity contribution is 0.264. The van der Waals surface area contributed by atoms with Crippen LogP contribution in [0.1, 0.15) is 23.9 Å². The average molecular weight is 295 g/mol. The van der Waals surface area contributed by atoms with E-state index in [4.69, 9.17) is 0 Å². The number of imidazole rings is 1. The largest absolute Gasteiger partial charge is 0.396 e. The molecule has 22 heavy (non-hydrogen) atoms. The van der Waals surface area contributed by atoms with E-state index in [1.165, 1.54) is 5.56 Å². The Balaban J connectivity index is 1.78. The Labute approximate surface area is 130 Å². The van der Waals surface area contributed by atoms with Crippen molar-refractivity contribution in [2.24, 2.45) is 7.05 Å². The van der Waals surface area contributed by atoms with E-state index in [-0.39, 0.29) is 12.6 Å². The van der Waals surface area contributed by atoms with E-state index in [2.05, 4.69) is 33.1 Å². The van der Waals surface area contributed by atoms with Crippen LogP contribution in [0.5, 0.6) is 0 Å². The topological polar surface area (TPSA) is 50.1 Å². The number of aryl methyl sites for hydroxylation is 1. The van der Waals surface area contributed by atoms with E-state index in [0.29, 0.717) is 13.0 Å². The summed E-state index contributed by atoms with van der Waals surface area (Å²) in [6.07, 6.45) is 0.688. The summed E-state index contributed by atoms with van der Waals surface area (Å²) in [5.74, 6) is 1.00. The van der Waals surface area contributed by atoms with Crippen LogP contribution in [-0.4, -0.2) is 21.3 Å². The number of nitrogens with one attached hydrogen (secondary N) is 1. The average Bonchev–Trinajstić information content (AvgIpc) is 2.89. The highest BCUT2D eigenvalue weighted by molar-refractivity contribution is 5.75. The van der Waals surface area contributed by atoms with Crippen molar-refractivity contribution in [1.82, 2.24) is 14.9 Å². The predicted octanol–water partition coefficient (Wildman–Crippen LogP) is 2.79. The highest BCUT2D eigenvalue weighted by Gasteiger charge is 2.12. The minimum absolute atomic E-state index is 0.131. The molecule has 0 saturated heterocycles. The van der Waals surface area contributed by atoms with Gasteiger partial charge in [0.25, 0.3) is 0 Å².